The number of rotatable bonds is 3. The standard InChI is InChI=1S/C20H12O3S/c21-19(14-7-3-4-8-15(14)20(22)23)18-11-16-13-6-2-1-5-12(13)9-10-17(16)24-18/h1-11H,(H,22,23). The van der Waals surface area contributed by atoms with E-state index < -0.39 is 5.97 Å². The van der Waals surface area contributed by atoms with Gasteiger partial charge in [-0.2, -0.15) is 0 Å². The van der Waals surface area contributed by atoms with Crippen LogP contribution in [0.3, 0.4) is 0 Å². The minimum absolute atomic E-state index is 0.0322. The number of thiophene rings is 1. The first-order valence-electron chi connectivity index (χ1n) is 7.43. The van der Waals surface area contributed by atoms with Crippen LogP contribution < -0.4 is 0 Å². The molecule has 0 saturated heterocycles. The van der Waals surface area contributed by atoms with Gasteiger partial charge in [0.05, 0.1) is 10.4 Å². The lowest BCUT2D eigenvalue weighted by molar-refractivity contribution is 0.0693. The lowest BCUT2D eigenvalue weighted by Crippen LogP contribution is -2.08. The monoisotopic (exact) mass is 332 g/mol. The predicted molar refractivity (Wildman–Crippen MR) is 96.2 cm³/mol. The summed E-state index contributed by atoms with van der Waals surface area (Å²) < 4.78 is 1.02. The van der Waals surface area contributed by atoms with Crippen LogP contribution in [0, 0.1) is 0 Å². The number of carbonyl (C=O) groups is 2. The largest absolute Gasteiger partial charge is 0.478 e. The molecule has 4 aromatic rings. The van der Waals surface area contributed by atoms with Crippen LogP contribution in [0.4, 0.5) is 0 Å². The molecule has 0 aliphatic rings. The normalized spacial score (nSPS) is 11.0. The van der Waals surface area contributed by atoms with E-state index in [4.69, 9.17) is 0 Å². The highest BCUT2D eigenvalue weighted by atomic mass is 32.1. The SMILES string of the molecule is O=C(O)c1ccccc1C(=O)c1cc2c(ccc3ccccc32)s1. The Bertz CT molecular complexity index is 1110. The Balaban J connectivity index is 1.90. The number of carbonyl (C=O) groups excluding carboxylic acids is 1. The number of hydrogen-bond donors (Lipinski definition) is 1. The van der Waals surface area contributed by atoms with Gasteiger partial charge in [0.1, 0.15) is 0 Å². The molecule has 3 aromatic carbocycles. The second-order valence-corrected chi connectivity index (χ2v) is 6.57. The van der Waals surface area contributed by atoms with Gasteiger partial charge < -0.3 is 5.11 Å². The van der Waals surface area contributed by atoms with Gasteiger partial charge in [-0.05, 0) is 29.0 Å². The number of ketones is 1. The molecule has 4 rings (SSSR count). The second kappa shape index (κ2) is 5.58. The lowest BCUT2D eigenvalue weighted by Gasteiger charge is -2.02. The minimum Gasteiger partial charge on any atom is -0.478 e. The number of aromatic carboxylic acids is 1. The van der Waals surface area contributed by atoms with E-state index in [-0.39, 0.29) is 16.9 Å². The molecule has 0 fully saturated rings. The lowest BCUT2D eigenvalue weighted by atomic mass is 10.0. The highest BCUT2D eigenvalue weighted by molar-refractivity contribution is 7.21. The van der Waals surface area contributed by atoms with E-state index in [0.717, 1.165) is 20.9 Å². The van der Waals surface area contributed by atoms with Crippen LogP contribution >= 0.6 is 11.3 Å². The maximum Gasteiger partial charge on any atom is 0.336 e. The first kappa shape index (κ1) is 14.6. The van der Waals surface area contributed by atoms with Gasteiger partial charge in [-0.15, -0.1) is 11.3 Å². The van der Waals surface area contributed by atoms with Crippen molar-refractivity contribution in [2.24, 2.45) is 0 Å². The topological polar surface area (TPSA) is 54.4 Å². The fraction of sp³-hybridized carbons (Fsp3) is 0. The van der Waals surface area contributed by atoms with Crippen LogP contribution in [-0.4, -0.2) is 16.9 Å². The van der Waals surface area contributed by atoms with Crippen LogP contribution in [0.5, 0.6) is 0 Å². The molecule has 0 bridgehead atoms. The summed E-state index contributed by atoms with van der Waals surface area (Å²) >= 11 is 1.39. The van der Waals surface area contributed by atoms with Crippen molar-refractivity contribution in [3.8, 4) is 0 Å². The number of benzene rings is 3. The second-order valence-electron chi connectivity index (χ2n) is 5.49. The van der Waals surface area contributed by atoms with Gasteiger partial charge in [0.25, 0.3) is 0 Å². The van der Waals surface area contributed by atoms with Crippen molar-refractivity contribution in [3.05, 3.63) is 82.7 Å². The third-order valence-corrected chi connectivity index (χ3v) is 5.15. The number of hydrogen-bond acceptors (Lipinski definition) is 3. The van der Waals surface area contributed by atoms with Crippen molar-refractivity contribution in [2.75, 3.05) is 0 Å². The number of fused-ring (bicyclic) bond motifs is 3. The molecule has 0 aliphatic carbocycles. The Morgan fingerprint density at radius 3 is 2.29 bits per heavy atom. The molecule has 116 valence electrons. The van der Waals surface area contributed by atoms with Gasteiger partial charge in [-0.1, -0.05) is 48.5 Å². The van der Waals surface area contributed by atoms with Crippen molar-refractivity contribution < 1.29 is 14.7 Å². The van der Waals surface area contributed by atoms with Crippen molar-refractivity contribution in [3.63, 3.8) is 0 Å². The molecule has 24 heavy (non-hydrogen) atoms. The van der Waals surface area contributed by atoms with Gasteiger partial charge in [0.15, 0.2) is 0 Å². The van der Waals surface area contributed by atoms with E-state index in [1.54, 1.807) is 18.2 Å². The highest BCUT2D eigenvalue weighted by Gasteiger charge is 2.19. The highest BCUT2D eigenvalue weighted by Crippen LogP contribution is 2.33. The van der Waals surface area contributed by atoms with Crippen LogP contribution in [0.2, 0.25) is 0 Å². The molecule has 0 unspecified atom stereocenters. The summed E-state index contributed by atoms with van der Waals surface area (Å²) in [6.07, 6.45) is 0. The summed E-state index contributed by atoms with van der Waals surface area (Å²) in [7, 11) is 0. The Hall–Kier alpha value is -2.98. The van der Waals surface area contributed by atoms with E-state index in [1.165, 1.54) is 17.4 Å². The quantitative estimate of drug-likeness (QED) is 0.538. The number of carboxylic acids is 1. The molecule has 0 aliphatic heterocycles. The van der Waals surface area contributed by atoms with Crippen LogP contribution in [0.25, 0.3) is 20.9 Å². The van der Waals surface area contributed by atoms with Gasteiger partial charge >= 0.3 is 5.97 Å². The molecule has 0 atom stereocenters. The zero-order valence-corrected chi connectivity index (χ0v) is 13.3. The van der Waals surface area contributed by atoms with Crippen molar-refractivity contribution in [2.45, 2.75) is 0 Å². The molecule has 1 N–H and O–H groups in total. The van der Waals surface area contributed by atoms with Crippen molar-refractivity contribution >= 4 is 43.9 Å². The Kier molecular flexibility index (Phi) is 3.40. The molecule has 0 amide bonds. The van der Waals surface area contributed by atoms with E-state index in [2.05, 4.69) is 0 Å². The predicted octanol–water partition coefficient (Wildman–Crippen LogP) is 4.98. The van der Waals surface area contributed by atoms with Crippen molar-refractivity contribution in [1.29, 1.82) is 0 Å². The van der Waals surface area contributed by atoms with E-state index in [1.807, 2.05) is 42.5 Å². The Labute approximate surface area is 141 Å². The van der Waals surface area contributed by atoms with Crippen LogP contribution in [0.1, 0.15) is 25.6 Å². The average molecular weight is 332 g/mol. The Morgan fingerprint density at radius 2 is 1.50 bits per heavy atom. The maximum atomic E-state index is 12.8. The average Bonchev–Trinajstić information content (AvgIpc) is 3.05. The van der Waals surface area contributed by atoms with Crippen molar-refractivity contribution in [1.82, 2.24) is 0 Å². The third kappa shape index (κ3) is 2.28. The fourth-order valence-electron chi connectivity index (χ4n) is 2.90. The molecule has 3 nitrogen and oxygen atoms in total. The zero-order chi connectivity index (χ0) is 16.7. The zero-order valence-electron chi connectivity index (χ0n) is 12.5. The summed E-state index contributed by atoms with van der Waals surface area (Å²) in [6.45, 7) is 0. The summed E-state index contributed by atoms with van der Waals surface area (Å²) in [4.78, 5) is 24.7. The van der Waals surface area contributed by atoms with Gasteiger partial charge in [0, 0.05) is 15.6 Å². The molecule has 0 spiro atoms. The van der Waals surface area contributed by atoms with E-state index in [9.17, 15) is 14.7 Å². The van der Waals surface area contributed by atoms with Gasteiger partial charge in [-0.25, -0.2) is 4.79 Å². The van der Waals surface area contributed by atoms with Gasteiger partial charge in [0.2, 0.25) is 5.78 Å². The number of carboxylic acid groups (broad SMARTS) is 1. The summed E-state index contributed by atoms with van der Waals surface area (Å²) in [5.74, 6) is -1.34. The first-order chi connectivity index (χ1) is 11.6. The van der Waals surface area contributed by atoms with E-state index >= 15 is 0 Å². The smallest absolute Gasteiger partial charge is 0.336 e. The summed E-state index contributed by atoms with van der Waals surface area (Å²) in [6, 6.07) is 20.3. The summed E-state index contributed by atoms with van der Waals surface area (Å²) in [5, 5.41) is 12.5. The molecular formula is C20H12O3S. The minimum atomic E-state index is -1.09. The molecule has 1 heterocycles. The first-order valence-corrected chi connectivity index (χ1v) is 8.25. The van der Waals surface area contributed by atoms with E-state index in [0.29, 0.717) is 4.88 Å². The third-order valence-electron chi connectivity index (χ3n) is 4.05. The van der Waals surface area contributed by atoms with Crippen LogP contribution in [0.15, 0.2) is 66.7 Å². The maximum absolute atomic E-state index is 12.8. The molecule has 0 radical (unpaired) electrons. The fourth-order valence-corrected chi connectivity index (χ4v) is 3.94. The molecular weight excluding hydrogens is 320 g/mol. The molecule has 4 heteroatoms. The van der Waals surface area contributed by atoms with Gasteiger partial charge in [-0.3, -0.25) is 4.79 Å². The Morgan fingerprint density at radius 1 is 0.792 bits per heavy atom. The molecule has 1 aromatic heterocycles. The summed E-state index contributed by atoms with van der Waals surface area (Å²) in [5.41, 5.74) is 0.255. The molecule has 0 saturated carbocycles. The van der Waals surface area contributed by atoms with Crippen LogP contribution in [-0.2, 0) is 0 Å².